The Labute approximate surface area is 175 Å². The van der Waals surface area contributed by atoms with Crippen LogP contribution in [-0.2, 0) is 4.79 Å². The number of rotatable bonds is 5. The van der Waals surface area contributed by atoms with Gasteiger partial charge in [-0.3, -0.25) is 9.59 Å². The molecule has 0 radical (unpaired) electrons. The van der Waals surface area contributed by atoms with E-state index in [2.05, 4.69) is 10.2 Å². The van der Waals surface area contributed by atoms with Gasteiger partial charge in [-0.1, -0.05) is 17.7 Å². The van der Waals surface area contributed by atoms with Gasteiger partial charge in [-0.05, 0) is 30.3 Å². The zero-order valence-corrected chi connectivity index (χ0v) is 17.5. The molecular formula is C21H24ClN3O4. The molecule has 0 bridgehead atoms. The Morgan fingerprint density at radius 2 is 1.69 bits per heavy atom. The summed E-state index contributed by atoms with van der Waals surface area (Å²) in [5.41, 5.74) is 1.81. The number of nitrogens with zero attached hydrogens (tertiary/aromatic N) is 2. The normalized spacial score (nSPS) is 13.8. The quantitative estimate of drug-likeness (QED) is 0.808. The number of anilines is 2. The minimum atomic E-state index is -0.281. The van der Waals surface area contributed by atoms with E-state index in [0.29, 0.717) is 54.0 Å². The van der Waals surface area contributed by atoms with Crippen molar-refractivity contribution in [2.45, 2.75) is 6.92 Å². The van der Waals surface area contributed by atoms with Gasteiger partial charge >= 0.3 is 0 Å². The summed E-state index contributed by atoms with van der Waals surface area (Å²) in [5, 5.41) is 3.49. The second-order valence-corrected chi connectivity index (χ2v) is 7.06. The molecule has 1 heterocycles. The van der Waals surface area contributed by atoms with E-state index in [0.717, 1.165) is 5.69 Å². The highest BCUT2D eigenvalue weighted by Crippen LogP contribution is 2.35. The number of para-hydroxylation sites is 1. The highest BCUT2D eigenvalue weighted by atomic mass is 35.5. The highest BCUT2D eigenvalue weighted by Gasteiger charge is 2.23. The summed E-state index contributed by atoms with van der Waals surface area (Å²) in [6, 6.07) is 10.4. The van der Waals surface area contributed by atoms with Crippen LogP contribution in [0.4, 0.5) is 11.4 Å². The number of benzene rings is 2. The Morgan fingerprint density at radius 3 is 2.31 bits per heavy atom. The molecular weight excluding hydrogens is 394 g/mol. The number of carbonyl (C=O) groups excluding carboxylic acids is 2. The van der Waals surface area contributed by atoms with Crippen LogP contribution in [-0.4, -0.2) is 57.1 Å². The number of halogens is 1. The molecule has 1 saturated heterocycles. The van der Waals surface area contributed by atoms with Gasteiger partial charge in [0.1, 0.15) is 0 Å². The molecule has 0 aromatic heterocycles. The molecule has 2 aromatic carbocycles. The van der Waals surface area contributed by atoms with Gasteiger partial charge in [0, 0.05) is 38.7 Å². The van der Waals surface area contributed by atoms with E-state index in [1.807, 2.05) is 6.07 Å². The van der Waals surface area contributed by atoms with Crippen LogP contribution >= 0.6 is 11.6 Å². The Bertz CT molecular complexity index is 911. The third-order valence-corrected chi connectivity index (χ3v) is 5.23. The summed E-state index contributed by atoms with van der Waals surface area (Å²) in [5.74, 6) is 0.810. The van der Waals surface area contributed by atoms with Gasteiger partial charge in [0.2, 0.25) is 5.91 Å². The molecule has 2 aromatic rings. The number of methoxy groups -OCH3 is 2. The Kier molecular flexibility index (Phi) is 6.49. The summed E-state index contributed by atoms with van der Waals surface area (Å²) in [4.78, 5) is 28.3. The molecule has 1 aliphatic heterocycles. The van der Waals surface area contributed by atoms with Crippen LogP contribution in [0.5, 0.6) is 11.5 Å². The lowest BCUT2D eigenvalue weighted by molar-refractivity contribution is -0.129. The lowest BCUT2D eigenvalue weighted by atomic mass is 10.1. The lowest BCUT2D eigenvalue weighted by Gasteiger charge is -2.37. The van der Waals surface area contributed by atoms with Crippen molar-refractivity contribution in [1.29, 1.82) is 0 Å². The van der Waals surface area contributed by atoms with E-state index in [4.69, 9.17) is 21.1 Å². The van der Waals surface area contributed by atoms with Gasteiger partial charge in [0.15, 0.2) is 11.5 Å². The number of hydrogen-bond acceptors (Lipinski definition) is 5. The summed E-state index contributed by atoms with van der Waals surface area (Å²) < 4.78 is 10.5. The number of nitrogens with one attached hydrogen (secondary N) is 1. The van der Waals surface area contributed by atoms with E-state index in [1.165, 1.54) is 7.11 Å². The van der Waals surface area contributed by atoms with Crippen molar-refractivity contribution in [3.05, 3.63) is 47.0 Å². The van der Waals surface area contributed by atoms with Crippen molar-refractivity contribution >= 4 is 34.8 Å². The largest absolute Gasteiger partial charge is 0.493 e. The number of amides is 2. The smallest absolute Gasteiger partial charge is 0.255 e. The first kappa shape index (κ1) is 20.8. The van der Waals surface area contributed by atoms with Gasteiger partial charge in [-0.25, -0.2) is 0 Å². The minimum absolute atomic E-state index is 0.0609. The summed E-state index contributed by atoms with van der Waals surface area (Å²) >= 11 is 6.47. The van der Waals surface area contributed by atoms with Crippen LogP contribution in [0.25, 0.3) is 0 Å². The molecule has 1 aliphatic rings. The lowest BCUT2D eigenvalue weighted by Crippen LogP contribution is -2.48. The minimum Gasteiger partial charge on any atom is -0.493 e. The standard InChI is InChI=1S/C21H24ClN3O4/c1-14(26)24-9-11-25(12-10-24)20-16(22)5-4-6-17(20)23-21(27)15-7-8-18(28-2)19(13-15)29-3/h4-8,13H,9-12H2,1-3H3,(H,23,27). The van der Waals surface area contributed by atoms with Crippen LogP contribution in [0.15, 0.2) is 36.4 Å². The molecule has 0 saturated carbocycles. The maximum Gasteiger partial charge on any atom is 0.255 e. The average molecular weight is 418 g/mol. The number of hydrogen-bond donors (Lipinski definition) is 1. The predicted octanol–water partition coefficient (Wildman–Crippen LogP) is 3.28. The zero-order valence-electron chi connectivity index (χ0n) is 16.7. The Hall–Kier alpha value is -2.93. The van der Waals surface area contributed by atoms with Gasteiger partial charge in [0.25, 0.3) is 5.91 Å². The van der Waals surface area contributed by atoms with Gasteiger partial charge in [-0.15, -0.1) is 0 Å². The van der Waals surface area contributed by atoms with E-state index < -0.39 is 0 Å². The Balaban J connectivity index is 1.82. The van der Waals surface area contributed by atoms with Crippen molar-refractivity contribution in [3.63, 3.8) is 0 Å². The highest BCUT2D eigenvalue weighted by molar-refractivity contribution is 6.34. The summed E-state index contributed by atoms with van der Waals surface area (Å²) in [6.45, 7) is 4.08. The van der Waals surface area contributed by atoms with Crippen LogP contribution in [0.2, 0.25) is 5.02 Å². The number of carbonyl (C=O) groups is 2. The fraction of sp³-hybridized carbons (Fsp3) is 0.333. The third kappa shape index (κ3) is 4.56. The topological polar surface area (TPSA) is 71.1 Å². The predicted molar refractivity (Wildman–Crippen MR) is 113 cm³/mol. The fourth-order valence-electron chi connectivity index (χ4n) is 3.35. The fourth-order valence-corrected chi connectivity index (χ4v) is 3.65. The Morgan fingerprint density at radius 1 is 1.00 bits per heavy atom. The van der Waals surface area contributed by atoms with Crippen molar-refractivity contribution in [2.24, 2.45) is 0 Å². The van der Waals surface area contributed by atoms with Crippen molar-refractivity contribution in [2.75, 3.05) is 50.6 Å². The zero-order chi connectivity index (χ0) is 21.0. The van der Waals surface area contributed by atoms with Crippen molar-refractivity contribution < 1.29 is 19.1 Å². The first-order chi connectivity index (χ1) is 13.9. The third-order valence-electron chi connectivity index (χ3n) is 4.92. The van der Waals surface area contributed by atoms with Crippen LogP contribution in [0, 0.1) is 0 Å². The SMILES string of the molecule is COc1ccc(C(=O)Nc2cccc(Cl)c2N2CCN(C(C)=O)CC2)cc1OC. The van der Waals surface area contributed by atoms with E-state index >= 15 is 0 Å². The first-order valence-electron chi connectivity index (χ1n) is 9.27. The van der Waals surface area contributed by atoms with Crippen LogP contribution in [0.1, 0.15) is 17.3 Å². The molecule has 8 heteroatoms. The van der Waals surface area contributed by atoms with Crippen molar-refractivity contribution in [1.82, 2.24) is 4.90 Å². The second kappa shape index (κ2) is 9.05. The molecule has 29 heavy (non-hydrogen) atoms. The first-order valence-corrected chi connectivity index (χ1v) is 9.64. The molecule has 0 unspecified atom stereocenters. The summed E-state index contributed by atoms with van der Waals surface area (Å²) in [6.07, 6.45) is 0. The van der Waals surface area contributed by atoms with E-state index in [1.54, 1.807) is 49.3 Å². The molecule has 0 aliphatic carbocycles. The molecule has 3 rings (SSSR count). The van der Waals surface area contributed by atoms with Gasteiger partial charge in [0.05, 0.1) is 30.6 Å². The molecule has 0 atom stereocenters. The maximum absolute atomic E-state index is 12.8. The number of piperazine rings is 1. The van der Waals surface area contributed by atoms with Crippen LogP contribution < -0.4 is 19.7 Å². The van der Waals surface area contributed by atoms with Gasteiger partial charge in [-0.2, -0.15) is 0 Å². The maximum atomic E-state index is 12.8. The molecule has 2 amide bonds. The number of ether oxygens (including phenoxy) is 2. The molecule has 154 valence electrons. The van der Waals surface area contributed by atoms with E-state index in [9.17, 15) is 9.59 Å². The van der Waals surface area contributed by atoms with Gasteiger partial charge < -0.3 is 24.6 Å². The molecule has 7 nitrogen and oxygen atoms in total. The van der Waals surface area contributed by atoms with E-state index in [-0.39, 0.29) is 11.8 Å². The summed E-state index contributed by atoms with van der Waals surface area (Å²) in [7, 11) is 3.07. The van der Waals surface area contributed by atoms with Crippen molar-refractivity contribution in [3.8, 4) is 11.5 Å². The average Bonchev–Trinajstić information content (AvgIpc) is 2.73. The monoisotopic (exact) mass is 417 g/mol. The molecule has 1 N–H and O–H groups in total. The second-order valence-electron chi connectivity index (χ2n) is 6.65. The molecule has 1 fully saturated rings. The molecule has 0 spiro atoms. The van der Waals surface area contributed by atoms with Crippen LogP contribution in [0.3, 0.4) is 0 Å².